The lowest BCUT2D eigenvalue weighted by atomic mass is 10.2. The Labute approximate surface area is 247 Å². The number of esters is 2. The average molecular weight is 623 g/mol. The molecule has 4 aromatic rings. The molecule has 0 bridgehead atoms. The molecule has 0 unspecified atom stereocenters. The first-order valence-electron chi connectivity index (χ1n) is 13.4. The molecular weight excluding hydrogens is 590 g/mol. The SMILES string of the molecule is CC(=O)OCCCCCCOc1ccc(Br)cc1Nc1ncnc2cc(OCc3ccccc3)c(OC(C)=O)cc12. The second kappa shape index (κ2) is 15.0. The molecule has 0 spiro atoms. The number of nitrogens with zero attached hydrogens (tertiary/aromatic N) is 2. The highest BCUT2D eigenvalue weighted by atomic mass is 79.9. The Hall–Kier alpha value is -4.18. The van der Waals surface area contributed by atoms with Crippen molar-refractivity contribution in [2.75, 3.05) is 18.5 Å². The Kier molecular flexibility index (Phi) is 10.9. The third kappa shape index (κ3) is 9.18. The standard InChI is InChI=1S/C31H32BrN3O6/c1-21(36)38-14-8-3-4-9-15-39-28-13-12-24(32)16-27(28)35-31-25-17-30(41-22(2)37)29(18-26(25)33-20-34-31)40-19-23-10-6-5-7-11-23/h5-7,10-13,16-18,20H,3-4,8-9,14-15,19H2,1-2H3,(H,33,34,35). The van der Waals surface area contributed by atoms with Crippen molar-refractivity contribution in [1.82, 2.24) is 9.97 Å². The molecule has 0 aliphatic heterocycles. The number of nitrogens with one attached hydrogen (secondary N) is 1. The smallest absolute Gasteiger partial charge is 0.308 e. The van der Waals surface area contributed by atoms with Crippen molar-refractivity contribution in [2.24, 2.45) is 0 Å². The molecule has 0 amide bonds. The van der Waals surface area contributed by atoms with Crippen LogP contribution in [0.3, 0.4) is 0 Å². The molecule has 10 heteroatoms. The van der Waals surface area contributed by atoms with Crippen molar-refractivity contribution < 1.29 is 28.5 Å². The van der Waals surface area contributed by atoms with E-state index < -0.39 is 5.97 Å². The summed E-state index contributed by atoms with van der Waals surface area (Å²) in [5, 5.41) is 4.01. The normalized spacial score (nSPS) is 10.7. The van der Waals surface area contributed by atoms with Crippen LogP contribution in [0, 0.1) is 0 Å². The first-order valence-corrected chi connectivity index (χ1v) is 14.1. The quantitative estimate of drug-likeness (QED) is 0.0892. The summed E-state index contributed by atoms with van der Waals surface area (Å²) in [4.78, 5) is 31.6. The highest BCUT2D eigenvalue weighted by molar-refractivity contribution is 9.10. The number of benzene rings is 3. The van der Waals surface area contributed by atoms with Crippen molar-refractivity contribution in [3.8, 4) is 17.2 Å². The molecule has 0 saturated heterocycles. The van der Waals surface area contributed by atoms with Crippen molar-refractivity contribution in [3.05, 3.63) is 77.0 Å². The zero-order valence-corrected chi connectivity index (χ0v) is 24.6. The number of hydrogen-bond donors (Lipinski definition) is 1. The molecule has 9 nitrogen and oxygen atoms in total. The van der Waals surface area contributed by atoms with E-state index in [-0.39, 0.29) is 11.7 Å². The average Bonchev–Trinajstić information content (AvgIpc) is 2.94. The van der Waals surface area contributed by atoms with Gasteiger partial charge in [0.1, 0.15) is 24.5 Å². The Morgan fingerprint density at radius 3 is 2.34 bits per heavy atom. The minimum Gasteiger partial charge on any atom is -0.491 e. The van der Waals surface area contributed by atoms with Crippen LogP contribution in [-0.4, -0.2) is 35.1 Å². The van der Waals surface area contributed by atoms with Gasteiger partial charge in [-0.25, -0.2) is 9.97 Å². The third-order valence-corrected chi connectivity index (χ3v) is 6.48. The Morgan fingerprint density at radius 1 is 0.805 bits per heavy atom. The fourth-order valence-corrected chi connectivity index (χ4v) is 4.42. The van der Waals surface area contributed by atoms with Gasteiger partial charge in [0.2, 0.25) is 0 Å². The van der Waals surface area contributed by atoms with E-state index in [9.17, 15) is 9.59 Å². The molecule has 0 aliphatic carbocycles. The number of aromatic nitrogens is 2. The molecule has 1 aromatic heterocycles. The fourth-order valence-electron chi connectivity index (χ4n) is 4.06. The number of fused-ring (bicyclic) bond motifs is 1. The second-order valence-corrected chi connectivity index (χ2v) is 10.2. The second-order valence-electron chi connectivity index (χ2n) is 9.27. The van der Waals surface area contributed by atoms with E-state index in [2.05, 4.69) is 31.2 Å². The molecule has 4 rings (SSSR count). The van der Waals surface area contributed by atoms with Gasteiger partial charge in [0.25, 0.3) is 0 Å². The lowest BCUT2D eigenvalue weighted by Gasteiger charge is -2.16. The monoisotopic (exact) mass is 621 g/mol. The number of rotatable bonds is 14. The van der Waals surface area contributed by atoms with Crippen molar-refractivity contribution in [2.45, 2.75) is 46.1 Å². The minimum atomic E-state index is -0.464. The number of unbranched alkanes of at least 4 members (excludes halogenated alkanes) is 3. The van der Waals surface area contributed by atoms with Gasteiger partial charge in [-0.2, -0.15) is 0 Å². The van der Waals surface area contributed by atoms with Gasteiger partial charge in [0.15, 0.2) is 11.5 Å². The van der Waals surface area contributed by atoms with Gasteiger partial charge in [-0.15, -0.1) is 0 Å². The molecule has 1 N–H and O–H groups in total. The number of anilines is 2. The van der Waals surface area contributed by atoms with Crippen LogP contribution >= 0.6 is 15.9 Å². The van der Waals surface area contributed by atoms with Crippen LogP contribution in [0.5, 0.6) is 17.2 Å². The van der Waals surface area contributed by atoms with Gasteiger partial charge in [0, 0.05) is 29.8 Å². The van der Waals surface area contributed by atoms with Gasteiger partial charge in [-0.1, -0.05) is 46.3 Å². The lowest BCUT2D eigenvalue weighted by molar-refractivity contribution is -0.141. The van der Waals surface area contributed by atoms with E-state index in [1.807, 2.05) is 48.5 Å². The highest BCUT2D eigenvalue weighted by Gasteiger charge is 2.16. The minimum absolute atomic E-state index is 0.250. The zero-order valence-electron chi connectivity index (χ0n) is 23.0. The summed E-state index contributed by atoms with van der Waals surface area (Å²) in [5.74, 6) is 1.15. The number of carbonyl (C=O) groups excluding carboxylic acids is 2. The van der Waals surface area contributed by atoms with Crippen LogP contribution in [-0.2, 0) is 20.9 Å². The van der Waals surface area contributed by atoms with Crippen LogP contribution < -0.4 is 19.5 Å². The lowest BCUT2D eigenvalue weighted by Crippen LogP contribution is -2.06. The topological polar surface area (TPSA) is 109 Å². The van der Waals surface area contributed by atoms with Crippen LogP contribution in [0.4, 0.5) is 11.5 Å². The van der Waals surface area contributed by atoms with E-state index in [1.54, 1.807) is 12.1 Å². The molecule has 0 aliphatic rings. The third-order valence-electron chi connectivity index (χ3n) is 5.99. The summed E-state index contributed by atoms with van der Waals surface area (Å²) in [7, 11) is 0. The summed E-state index contributed by atoms with van der Waals surface area (Å²) >= 11 is 3.53. The van der Waals surface area contributed by atoms with Crippen LogP contribution in [0.15, 0.2) is 71.5 Å². The van der Waals surface area contributed by atoms with Crippen LogP contribution in [0.25, 0.3) is 10.9 Å². The fraction of sp³-hybridized carbons (Fsp3) is 0.290. The van der Waals surface area contributed by atoms with Gasteiger partial charge < -0.3 is 24.3 Å². The maximum Gasteiger partial charge on any atom is 0.308 e. The van der Waals surface area contributed by atoms with Gasteiger partial charge in [-0.3, -0.25) is 9.59 Å². The molecule has 3 aromatic carbocycles. The van der Waals surface area contributed by atoms with E-state index >= 15 is 0 Å². The predicted molar refractivity (Wildman–Crippen MR) is 160 cm³/mol. The molecule has 214 valence electrons. The summed E-state index contributed by atoms with van der Waals surface area (Å²) in [6, 6.07) is 18.9. The summed E-state index contributed by atoms with van der Waals surface area (Å²) in [6.07, 6.45) is 5.08. The summed E-state index contributed by atoms with van der Waals surface area (Å²) < 4.78 is 23.4. The molecule has 41 heavy (non-hydrogen) atoms. The molecule has 0 atom stereocenters. The zero-order chi connectivity index (χ0) is 29.0. The van der Waals surface area contributed by atoms with Crippen LogP contribution in [0.2, 0.25) is 0 Å². The first-order chi connectivity index (χ1) is 19.9. The molecule has 0 saturated carbocycles. The number of halogens is 1. The Morgan fingerprint density at radius 2 is 1.59 bits per heavy atom. The predicted octanol–water partition coefficient (Wildman–Crippen LogP) is 7.14. The summed E-state index contributed by atoms with van der Waals surface area (Å²) in [6.45, 7) is 4.05. The largest absolute Gasteiger partial charge is 0.491 e. The Balaban J connectivity index is 1.49. The summed E-state index contributed by atoms with van der Waals surface area (Å²) in [5.41, 5.74) is 2.32. The van der Waals surface area contributed by atoms with E-state index in [0.29, 0.717) is 53.7 Å². The number of carbonyl (C=O) groups is 2. The molecule has 1 heterocycles. The van der Waals surface area contributed by atoms with Crippen molar-refractivity contribution >= 4 is 50.3 Å². The molecule has 0 fully saturated rings. The number of hydrogen-bond acceptors (Lipinski definition) is 9. The van der Waals surface area contributed by atoms with Crippen LogP contribution in [0.1, 0.15) is 45.1 Å². The molecule has 0 radical (unpaired) electrons. The van der Waals surface area contributed by atoms with Gasteiger partial charge >= 0.3 is 11.9 Å². The van der Waals surface area contributed by atoms with Gasteiger partial charge in [0.05, 0.1) is 24.4 Å². The Bertz CT molecular complexity index is 1480. The maximum atomic E-state index is 11.9. The maximum absolute atomic E-state index is 11.9. The molecular formula is C31H32BrN3O6. The van der Waals surface area contributed by atoms with E-state index in [0.717, 1.165) is 35.7 Å². The van der Waals surface area contributed by atoms with Crippen molar-refractivity contribution in [1.29, 1.82) is 0 Å². The number of ether oxygens (including phenoxy) is 4. The first kappa shape index (κ1) is 29.8. The highest BCUT2D eigenvalue weighted by Crippen LogP contribution is 2.37. The van der Waals surface area contributed by atoms with Gasteiger partial charge in [-0.05, 0) is 55.5 Å². The van der Waals surface area contributed by atoms with E-state index in [1.165, 1.54) is 20.2 Å². The van der Waals surface area contributed by atoms with Crippen molar-refractivity contribution in [3.63, 3.8) is 0 Å². The van der Waals surface area contributed by atoms with E-state index in [4.69, 9.17) is 18.9 Å².